The van der Waals surface area contributed by atoms with Crippen LogP contribution in [0.1, 0.15) is 30.3 Å². The molecule has 1 saturated heterocycles. The lowest BCUT2D eigenvalue weighted by molar-refractivity contribution is 0.0742. The van der Waals surface area contributed by atoms with E-state index in [9.17, 15) is 9.90 Å². The molecule has 4 nitrogen and oxygen atoms in total. The number of fused-ring (bicyclic) bond motifs is 1. The first kappa shape index (κ1) is 13.0. The van der Waals surface area contributed by atoms with E-state index in [1.165, 1.54) is 0 Å². The molecule has 1 amide bonds. The van der Waals surface area contributed by atoms with Gasteiger partial charge in [-0.05, 0) is 31.7 Å². The zero-order valence-corrected chi connectivity index (χ0v) is 11.8. The molecule has 3 unspecified atom stereocenters. The Morgan fingerprint density at radius 2 is 2.26 bits per heavy atom. The van der Waals surface area contributed by atoms with Gasteiger partial charge < -0.3 is 14.6 Å². The molecule has 0 bridgehead atoms. The number of aromatic nitrogens is 1. The van der Waals surface area contributed by atoms with Crippen molar-refractivity contribution in [1.29, 1.82) is 0 Å². The Morgan fingerprint density at radius 3 is 2.95 bits per heavy atom. The Kier molecular flexibility index (Phi) is 3.31. The minimum atomic E-state index is -0.232. The van der Waals surface area contributed by atoms with Gasteiger partial charge in [0.15, 0.2) is 0 Å². The summed E-state index contributed by atoms with van der Waals surface area (Å²) in [7, 11) is 0. The van der Waals surface area contributed by atoms with E-state index in [0.717, 1.165) is 25.9 Å². The first-order valence-corrected chi connectivity index (χ1v) is 7.31. The number of halogens is 1. The van der Waals surface area contributed by atoms with Crippen molar-refractivity contribution in [3.05, 3.63) is 23.0 Å². The molecule has 1 aliphatic carbocycles. The molecule has 19 heavy (non-hydrogen) atoms. The summed E-state index contributed by atoms with van der Waals surface area (Å²) < 4.78 is 1.88. The third kappa shape index (κ3) is 2.17. The smallest absolute Gasteiger partial charge is 0.270 e. The third-order valence-electron chi connectivity index (χ3n) is 4.53. The van der Waals surface area contributed by atoms with E-state index in [0.29, 0.717) is 23.2 Å². The van der Waals surface area contributed by atoms with Gasteiger partial charge in [-0.15, -0.1) is 0 Å². The maximum absolute atomic E-state index is 12.5. The number of hydrogen-bond donors (Lipinski definition) is 1. The molecule has 1 aliphatic heterocycles. The van der Waals surface area contributed by atoms with E-state index in [1.807, 2.05) is 16.4 Å². The van der Waals surface area contributed by atoms with E-state index in [1.54, 1.807) is 12.3 Å². The molecule has 2 heterocycles. The number of carbonyl (C=O) groups is 1. The van der Waals surface area contributed by atoms with E-state index in [-0.39, 0.29) is 17.9 Å². The van der Waals surface area contributed by atoms with Crippen LogP contribution >= 0.6 is 11.6 Å². The molecule has 2 aliphatic rings. The van der Waals surface area contributed by atoms with Crippen molar-refractivity contribution in [2.75, 3.05) is 13.1 Å². The average molecular weight is 283 g/mol. The van der Waals surface area contributed by atoms with Crippen molar-refractivity contribution in [3.8, 4) is 0 Å². The lowest BCUT2D eigenvalue weighted by Crippen LogP contribution is -2.32. The average Bonchev–Trinajstić information content (AvgIpc) is 3.05. The number of aryl methyl sites for hydroxylation is 1. The zero-order valence-electron chi connectivity index (χ0n) is 11.1. The summed E-state index contributed by atoms with van der Waals surface area (Å²) in [5, 5.41) is 10.5. The van der Waals surface area contributed by atoms with Gasteiger partial charge in [-0.3, -0.25) is 4.79 Å². The standard InChI is InChI=1S/C14H19ClN2O2/c1-2-16-7-10(15)5-12(16)14(19)17-6-9-3-4-13(18)11(9)8-17/h5,7,9,11,13,18H,2-4,6,8H2,1H3. The lowest BCUT2D eigenvalue weighted by Gasteiger charge is -2.19. The fraction of sp³-hybridized carbons (Fsp3) is 0.643. The number of rotatable bonds is 2. The first-order chi connectivity index (χ1) is 9.10. The van der Waals surface area contributed by atoms with Crippen molar-refractivity contribution in [2.24, 2.45) is 11.8 Å². The topological polar surface area (TPSA) is 45.5 Å². The number of amides is 1. The molecular formula is C14H19ClN2O2. The largest absolute Gasteiger partial charge is 0.393 e. The van der Waals surface area contributed by atoms with Crippen LogP contribution in [0.25, 0.3) is 0 Å². The second-order valence-electron chi connectivity index (χ2n) is 5.61. The SMILES string of the molecule is CCn1cc(Cl)cc1C(=O)N1CC2CCC(O)C2C1. The van der Waals surface area contributed by atoms with Crippen LogP contribution in [0.4, 0.5) is 0 Å². The highest BCUT2D eigenvalue weighted by atomic mass is 35.5. The fourth-order valence-electron chi connectivity index (χ4n) is 3.48. The van der Waals surface area contributed by atoms with Gasteiger partial charge in [-0.2, -0.15) is 0 Å². The van der Waals surface area contributed by atoms with Crippen LogP contribution in [-0.4, -0.2) is 39.7 Å². The normalized spacial score (nSPS) is 29.8. The summed E-state index contributed by atoms with van der Waals surface area (Å²) in [6.45, 7) is 4.18. The molecule has 5 heteroatoms. The van der Waals surface area contributed by atoms with Crippen LogP contribution in [0, 0.1) is 11.8 Å². The van der Waals surface area contributed by atoms with Gasteiger partial charge in [-0.1, -0.05) is 11.6 Å². The second kappa shape index (κ2) is 4.84. The molecule has 1 N–H and O–H groups in total. The van der Waals surface area contributed by atoms with Gasteiger partial charge in [0.2, 0.25) is 0 Å². The Hall–Kier alpha value is -1.00. The van der Waals surface area contributed by atoms with Gasteiger partial charge in [0, 0.05) is 31.7 Å². The van der Waals surface area contributed by atoms with Crippen molar-refractivity contribution in [2.45, 2.75) is 32.4 Å². The van der Waals surface area contributed by atoms with Crippen molar-refractivity contribution in [1.82, 2.24) is 9.47 Å². The zero-order chi connectivity index (χ0) is 13.6. The number of nitrogens with zero attached hydrogens (tertiary/aromatic N) is 2. The summed E-state index contributed by atoms with van der Waals surface area (Å²) in [6.07, 6.45) is 3.48. The van der Waals surface area contributed by atoms with Crippen molar-refractivity contribution < 1.29 is 9.90 Å². The Labute approximate surface area is 118 Å². The van der Waals surface area contributed by atoms with Crippen LogP contribution < -0.4 is 0 Å². The summed E-state index contributed by atoms with van der Waals surface area (Å²) in [5.74, 6) is 0.777. The molecule has 1 aromatic rings. The Bertz CT molecular complexity index is 500. The van der Waals surface area contributed by atoms with E-state index >= 15 is 0 Å². The highest BCUT2D eigenvalue weighted by molar-refractivity contribution is 6.31. The second-order valence-corrected chi connectivity index (χ2v) is 6.04. The third-order valence-corrected chi connectivity index (χ3v) is 4.74. The monoisotopic (exact) mass is 282 g/mol. The van der Waals surface area contributed by atoms with E-state index < -0.39 is 0 Å². The van der Waals surface area contributed by atoms with Crippen LogP contribution in [-0.2, 0) is 6.54 Å². The number of hydrogen-bond acceptors (Lipinski definition) is 2. The van der Waals surface area contributed by atoms with Crippen LogP contribution in [0.15, 0.2) is 12.3 Å². The minimum Gasteiger partial charge on any atom is -0.393 e. The molecule has 0 aromatic carbocycles. The number of aliphatic hydroxyl groups is 1. The van der Waals surface area contributed by atoms with Crippen LogP contribution in [0.3, 0.4) is 0 Å². The predicted octanol–water partition coefficient (Wildman–Crippen LogP) is 2.00. The van der Waals surface area contributed by atoms with Gasteiger partial charge in [0.25, 0.3) is 5.91 Å². The molecule has 104 valence electrons. The summed E-state index contributed by atoms with van der Waals surface area (Å²) in [5.41, 5.74) is 0.655. The van der Waals surface area contributed by atoms with Crippen molar-refractivity contribution >= 4 is 17.5 Å². The Morgan fingerprint density at radius 1 is 1.47 bits per heavy atom. The molecule has 0 spiro atoms. The fourth-order valence-corrected chi connectivity index (χ4v) is 3.70. The molecular weight excluding hydrogens is 264 g/mol. The van der Waals surface area contributed by atoms with E-state index in [4.69, 9.17) is 11.6 Å². The maximum atomic E-state index is 12.5. The molecule has 2 fully saturated rings. The van der Waals surface area contributed by atoms with E-state index in [2.05, 4.69) is 0 Å². The summed E-state index contributed by atoms with van der Waals surface area (Å²) in [6, 6.07) is 1.73. The Balaban J connectivity index is 1.78. The summed E-state index contributed by atoms with van der Waals surface area (Å²) in [4.78, 5) is 14.4. The quantitative estimate of drug-likeness (QED) is 0.902. The highest BCUT2D eigenvalue weighted by Crippen LogP contribution is 2.38. The summed E-state index contributed by atoms with van der Waals surface area (Å²) >= 11 is 5.98. The molecule has 1 saturated carbocycles. The number of aliphatic hydroxyl groups excluding tert-OH is 1. The minimum absolute atomic E-state index is 0.0374. The number of carbonyl (C=O) groups excluding carboxylic acids is 1. The van der Waals surface area contributed by atoms with Gasteiger partial charge >= 0.3 is 0 Å². The molecule has 3 atom stereocenters. The highest BCUT2D eigenvalue weighted by Gasteiger charge is 2.43. The van der Waals surface area contributed by atoms with Crippen LogP contribution in [0.5, 0.6) is 0 Å². The first-order valence-electron chi connectivity index (χ1n) is 6.93. The van der Waals surface area contributed by atoms with Gasteiger partial charge in [0.05, 0.1) is 11.1 Å². The number of likely N-dealkylation sites (tertiary alicyclic amines) is 1. The van der Waals surface area contributed by atoms with Gasteiger partial charge in [-0.25, -0.2) is 0 Å². The van der Waals surface area contributed by atoms with Crippen molar-refractivity contribution in [3.63, 3.8) is 0 Å². The molecule has 0 radical (unpaired) electrons. The molecule has 3 rings (SSSR count). The lowest BCUT2D eigenvalue weighted by atomic mass is 10.00. The molecule has 1 aromatic heterocycles. The predicted molar refractivity (Wildman–Crippen MR) is 73.2 cm³/mol. The van der Waals surface area contributed by atoms with Gasteiger partial charge in [0.1, 0.15) is 5.69 Å². The maximum Gasteiger partial charge on any atom is 0.270 e. The van der Waals surface area contributed by atoms with Crippen LogP contribution in [0.2, 0.25) is 5.02 Å².